The summed E-state index contributed by atoms with van der Waals surface area (Å²) in [6.45, 7) is 0. The zero-order valence-corrected chi connectivity index (χ0v) is 7.04. The number of nitro groups is 1. The summed E-state index contributed by atoms with van der Waals surface area (Å²) in [6, 6.07) is 1.58. The Kier molecular flexibility index (Phi) is 1.94. The number of hydrogen-bond acceptors (Lipinski definition) is 4. The van der Waals surface area contributed by atoms with Crippen molar-refractivity contribution in [2.75, 3.05) is 0 Å². The van der Waals surface area contributed by atoms with Crippen LogP contribution in [0.25, 0.3) is 11.3 Å². The largest absolute Gasteiger partial charge is 0.344 e. The van der Waals surface area contributed by atoms with Crippen molar-refractivity contribution in [1.29, 1.82) is 0 Å². The minimum Gasteiger partial charge on any atom is -0.344 e. The first-order valence-corrected chi connectivity index (χ1v) is 3.86. The van der Waals surface area contributed by atoms with Crippen LogP contribution in [0.5, 0.6) is 0 Å². The smallest absolute Gasteiger partial charge is 0.296 e. The molecule has 0 amide bonds. The maximum Gasteiger partial charge on any atom is 0.296 e. The molecule has 0 aliphatic carbocycles. The number of hydrogen-bond donors (Lipinski definition) is 1. The Labute approximate surface area is 78.8 Å². The van der Waals surface area contributed by atoms with Crippen LogP contribution in [0.3, 0.4) is 0 Å². The third-order valence-corrected chi connectivity index (χ3v) is 1.79. The van der Waals surface area contributed by atoms with Gasteiger partial charge in [-0.1, -0.05) is 0 Å². The lowest BCUT2D eigenvalue weighted by atomic mass is 10.2. The maximum atomic E-state index is 10.6. The molecule has 0 atom stereocenters. The first-order chi connectivity index (χ1) is 6.79. The monoisotopic (exact) mass is 190 g/mol. The second-order valence-corrected chi connectivity index (χ2v) is 2.62. The molecule has 6 heteroatoms. The summed E-state index contributed by atoms with van der Waals surface area (Å²) >= 11 is 0. The summed E-state index contributed by atoms with van der Waals surface area (Å²) in [5, 5.41) is 10.6. The number of nitrogens with one attached hydrogen (secondary N) is 1. The molecule has 0 radical (unpaired) electrons. The van der Waals surface area contributed by atoms with Crippen LogP contribution < -0.4 is 0 Å². The number of rotatable bonds is 2. The van der Waals surface area contributed by atoms with Crippen molar-refractivity contribution in [3.05, 3.63) is 41.1 Å². The number of nitrogens with zero attached hydrogens (tertiary/aromatic N) is 3. The van der Waals surface area contributed by atoms with Gasteiger partial charge in [-0.25, -0.2) is 4.98 Å². The van der Waals surface area contributed by atoms with Crippen molar-refractivity contribution < 1.29 is 4.92 Å². The van der Waals surface area contributed by atoms with Gasteiger partial charge in [0.05, 0.1) is 28.7 Å². The van der Waals surface area contributed by atoms with Gasteiger partial charge in [0.2, 0.25) is 0 Å². The van der Waals surface area contributed by atoms with Gasteiger partial charge in [0.1, 0.15) is 6.20 Å². The van der Waals surface area contributed by atoms with E-state index in [1.807, 2.05) is 0 Å². The first kappa shape index (κ1) is 8.36. The average Bonchev–Trinajstić information content (AvgIpc) is 2.70. The van der Waals surface area contributed by atoms with Crippen LogP contribution in [0.2, 0.25) is 0 Å². The van der Waals surface area contributed by atoms with Crippen LogP contribution >= 0.6 is 0 Å². The van der Waals surface area contributed by atoms with Crippen LogP contribution in [0.4, 0.5) is 5.69 Å². The molecule has 2 aromatic heterocycles. The summed E-state index contributed by atoms with van der Waals surface area (Å²) in [5.41, 5.74) is 1.07. The fourth-order valence-corrected chi connectivity index (χ4v) is 1.16. The Balaban J connectivity index is 2.58. The van der Waals surface area contributed by atoms with E-state index >= 15 is 0 Å². The predicted molar refractivity (Wildman–Crippen MR) is 48.5 cm³/mol. The second kappa shape index (κ2) is 3.25. The molecule has 2 heterocycles. The molecule has 0 saturated heterocycles. The number of pyridine rings is 1. The Morgan fingerprint density at radius 2 is 2.21 bits per heavy atom. The van der Waals surface area contributed by atoms with Crippen molar-refractivity contribution in [2.45, 2.75) is 0 Å². The Morgan fingerprint density at radius 3 is 2.86 bits per heavy atom. The van der Waals surface area contributed by atoms with Gasteiger partial charge in [0.15, 0.2) is 0 Å². The highest BCUT2D eigenvalue weighted by molar-refractivity contribution is 5.68. The van der Waals surface area contributed by atoms with Crippen LogP contribution in [-0.4, -0.2) is 19.9 Å². The predicted octanol–water partition coefficient (Wildman–Crippen LogP) is 1.38. The van der Waals surface area contributed by atoms with Gasteiger partial charge in [-0.3, -0.25) is 15.1 Å². The van der Waals surface area contributed by atoms with Crippen LogP contribution in [-0.2, 0) is 0 Å². The SMILES string of the molecule is O=[N+]([O-])c1cnccc1-c1cnc[nH]1. The molecule has 0 bridgehead atoms. The van der Waals surface area contributed by atoms with E-state index in [2.05, 4.69) is 15.0 Å². The standard InChI is InChI=1S/C8H6N4O2/c13-12(14)8-4-9-2-1-6(8)7-3-10-5-11-7/h1-5H,(H,10,11). The minimum absolute atomic E-state index is 0.0308. The quantitative estimate of drug-likeness (QED) is 0.572. The summed E-state index contributed by atoms with van der Waals surface area (Å²) in [6.07, 6.45) is 5.72. The third-order valence-electron chi connectivity index (χ3n) is 1.79. The Hall–Kier alpha value is -2.24. The lowest BCUT2D eigenvalue weighted by Gasteiger charge is -1.97. The molecule has 0 aromatic carbocycles. The van der Waals surface area contributed by atoms with Crippen molar-refractivity contribution in [1.82, 2.24) is 15.0 Å². The van der Waals surface area contributed by atoms with E-state index in [1.54, 1.807) is 6.07 Å². The fourth-order valence-electron chi connectivity index (χ4n) is 1.16. The van der Waals surface area contributed by atoms with Gasteiger partial charge < -0.3 is 4.98 Å². The minimum atomic E-state index is -0.469. The summed E-state index contributed by atoms with van der Waals surface area (Å²) in [7, 11) is 0. The van der Waals surface area contributed by atoms with Crippen LogP contribution in [0, 0.1) is 10.1 Å². The van der Waals surface area contributed by atoms with E-state index in [0.29, 0.717) is 11.3 Å². The summed E-state index contributed by atoms with van der Waals surface area (Å²) in [5.74, 6) is 0. The molecule has 2 aromatic rings. The van der Waals surface area contributed by atoms with Gasteiger partial charge in [-0.05, 0) is 6.07 Å². The molecule has 0 aliphatic heterocycles. The van der Waals surface area contributed by atoms with Gasteiger partial charge in [0, 0.05) is 6.20 Å². The molecule has 0 spiro atoms. The molecule has 0 unspecified atom stereocenters. The highest BCUT2D eigenvalue weighted by atomic mass is 16.6. The van der Waals surface area contributed by atoms with Gasteiger partial charge in [0.25, 0.3) is 5.69 Å². The second-order valence-electron chi connectivity index (χ2n) is 2.62. The molecule has 0 aliphatic rings. The lowest BCUT2D eigenvalue weighted by Crippen LogP contribution is -1.92. The van der Waals surface area contributed by atoms with Gasteiger partial charge >= 0.3 is 0 Å². The maximum absolute atomic E-state index is 10.6. The van der Waals surface area contributed by atoms with E-state index in [9.17, 15) is 10.1 Å². The highest BCUT2D eigenvalue weighted by Gasteiger charge is 2.15. The third kappa shape index (κ3) is 1.33. The normalized spacial score (nSPS) is 10.0. The zero-order valence-electron chi connectivity index (χ0n) is 7.04. The van der Waals surface area contributed by atoms with E-state index in [1.165, 1.54) is 24.9 Å². The number of aromatic nitrogens is 3. The molecule has 70 valence electrons. The summed E-state index contributed by atoms with van der Waals surface area (Å²) in [4.78, 5) is 20.5. The number of imidazole rings is 1. The molecule has 6 nitrogen and oxygen atoms in total. The molecule has 1 N–H and O–H groups in total. The topological polar surface area (TPSA) is 84.7 Å². The van der Waals surface area contributed by atoms with E-state index in [-0.39, 0.29) is 5.69 Å². The Morgan fingerprint density at radius 1 is 1.36 bits per heavy atom. The van der Waals surface area contributed by atoms with Crippen molar-refractivity contribution in [2.24, 2.45) is 0 Å². The average molecular weight is 190 g/mol. The molecular weight excluding hydrogens is 184 g/mol. The van der Waals surface area contributed by atoms with Gasteiger partial charge in [-0.2, -0.15) is 0 Å². The van der Waals surface area contributed by atoms with Crippen molar-refractivity contribution in [3.63, 3.8) is 0 Å². The lowest BCUT2D eigenvalue weighted by molar-refractivity contribution is -0.384. The van der Waals surface area contributed by atoms with Gasteiger partial charge in [-0.15, -0.1) is 0 Å². The Bertz CT molecular complexity index is 452. The molecule has 14 heavy (non-hydrogen) atoms. The number of aromatic amines is 1. The van der Waals surface area contributed by atoms with E-state index < -0.39 is 4.92 Å². The van der Waals surface area contributed by atoms with Crippen molar-refractivity contribution in [3.8, 4) is 11.3 Å². The molecule has 2 rings (SSSR count). The summed E-state index contributed by atoms with van der Waals surface area (Å²) < 4.78 is 0. The molecular formula is C8H6N4O2. The van der Waals surface area contributed by atoms with E-state index in [0.717, 1.165) is 0 Å². The highest BCUT2D eigenvalue weighted by Crippen LogP contribution is 2.25. The first-order valence-electron chi connectivity index (χ1n) is 3.86. The molecule has 0 saturated carbocycles. The number of H-pyrrole nitrogens is 1. The van der Waals surface area contributed by atoms with Crippen molar-refractivity contribution >= 4 is 5.69 Å². The zero-order chi connectivity index (χ0) is 9.97. The van der Waals surface area contributed by atoms with Crippen LogP contribution in [0.15, 0.2) is 31.0 Å². The molecule has 0 fully saturated rings. The fraction of sp³-hybridized carbons (Fsp3) is 0. The van der Waals surface area contributed by atoms with Crippen LogP contribution in [0.1, 0.15) is 0 Å². The van der Waals surface area contributed by atoms with E-state index in [4.69, 9.17) is 0 Å².